The van der Waals surface area contributed by atoms with E-state index in [0.717, 1.165) is 42.3 Å². The molecule has 2 aliphatic heterocycles. The van der Waals surface area contributed by atoms with Gasteiger partial charge in [0.15, 0.2) is 11.5 Å². The molecule has 0 aliphatic carbocycles. The molecule has 3 aromatic rings. The molecule has 1 saturated heterocycles. The number of benzene rings is 3. The summed E-state index contributed by atoms with van der Waals surface area (Å²) in [5, 5.41) is 16.0. The average molecular weight is 439 g/mol. The molecule has 160 valence electrons. The van der Waals surface area contributed by atoms with Crippen LogP contribution in [0.5, 0.6) is 17.2 Å². The lowest BCUT2D eigenvalue weighted by Crippen LogP contribution is -2.37. The van der Waals surface area contributed by atoms with Gasteiger partial charge in [-0.25, -0.2) is 0 Å². The molecular formula is C24H23ClN2O4. The van der Waals surface area contributed by atoms with Crippen molar-refractivity contribution in [2.24, 2.45) is 5.92 Å². The van der Waals surface area contributed by atoms with Crippen LogP contribution in [0.25, 0.3) is 10.8 Å². The summed E-state index contributed by atoms with van der Waals surface area (Å²) in [5.74, 6) is 1.61. The second kappa shape index (κ2) is 8.29. The Morgan fingerprint density at radius 2 is 1.81 bits per heavy atom. The van der Waals surface area contributed by atoms with Gasteiger partial charge in [0.05, 0.1) is 0 Å². The van der Waals surface area contributed by atoms with Gasteiger partial charge in [-0.05, 0) is 44.1 Å². The maximum absolute atomic E-state index is 12.7. The van der Waals surface area contributed by atoms with Gasteiger partial charge in [-0.2, -0.15) is 0 Å². The monoisotopic (exact) mass is 438 g/mol. The molecule has 0 aromatic heterocycles. The standard InChI is InChI=1S/C24H23ClN2O4/c25-20-11-16(23(28)19-4-2-1-3-18(19)20)13-27-9-7-15(8-10-27)24(29)26-17-5-6-21-22(12-17)31-14-30-21/h1-6,11-12,15,28H,7-10,13-14H2,(H,26,29). The topological polar surface area (TPSA) is 71.0 Å². The fraction of sp³-hybridized carbons (Fsp3) is 0.292. The number of rotatable bonds is 4. The predicted molar refractivity (Wildman–Crippen MR) is 120 cm³/mol. The largest absolute Gasteiger partial charge is 0.507 e. The van der Waals surface area contributed by atoms with Crippen molar-refractivity contribution < 1.29 is 19.4 Å². The van der Waals surface area contributed by atoms with E-state index in [2.05, 4.69) is 10.2 Å². The number of phenolic OH excluding ortho intramolecular Hbond substituents is 1. The van der Waals surface area contributed by atoms with Crippen LogP contribution in [0.2, 0.25) is 5.02 Å². The van der Waals surface area contributed by atoms with E-state index in [1.54, 1.807) is 6.07 Å². The summed E-state index contributed by atoms with van der Waals surface area (Å²) in [6.07, 6.45) is 1.52. The third kappa shape index (κ3) is 4.01. The maximum atomic E-state index is 12.7. The molecule has 7 heteroatoms. The molecule has 0 atom stereocenters. The number of ether oxygens (including phenoxy) is 2. The maximum Gasteiger partial charge on any atom is 0.231 e. The molecule has 3 aromatic carbocycles. The van der Waals surface area contributed by atoms with Gasteiger partial charge >= 0.3 is 0 Å². The molecule has 0 saturated carbocycles. The van der Waals surface area contributed by atoms with Crippen LogP contribution < -0.4 is 14.8 Å². The number of hydrogen-bond acceptors (Lipinski definition) is 5. The number of aromatic hydroxyl groups is 1. The molecule has 5 rings (SSSR count). The number of nitrogens with zero attached hydrogens (tertiary/aromatic N) is 1. The number of phenols is 1. The van der Waals surface area contributed by atoms with Gasteiger partial charge in [-0.15, -0.1) is 0 Å². The Morgan fingerprint density at radius 1 is 1.06 bits per heavy atom. The number of nitrogens with one attached hydrogen (secondary N) is 1. The summed E-state index contributed by atoms with van der Waals surface area (Å²) in [5.41, 5.74) is 1.53. The molecule has 0 unspecified atom stereocenters. The minimum Gasteiger partial charge on any atom is -0.507 e. The zero-order valence-electron chi connectivity index (χ0n) is 16.9. The summed E-state index contributed by atoms with van der Waals surface area (Å²) >= 11 is 6.43. The smallest absolute Gasteiger partial charge is 0.231 e. The molecule has 2 heterocycles. The molecular weight excluding hydrogens is 416 g/mol. The highest BCUT2D eigenvalue weighted by Crippen LogP contribution is 2.36. The molecule has 31 heavy (non-hydrogen) atoms. The van der Waals surface area contributed by atoms with Crippen molar-refractivity contribution in [3.05, 3.63) is 59.1 Å². The summed E-state index contributed by atoms with van der Waals surface area (Å²) < 4.78 is 10.7. The SMILES string of the molecule is O=C(Nc1ccc2c(c1)OCO2)C1CCN(Cc2cc(Cl)c3ccccc3c2O)CC1. The van der Waals surface area contributed by atoms with Crippen LogP contribution in [0.3, 0.4) is 0 Å². The minimum absolute atomic E-state index is 0.0233. The molecule has 6 nitrogen and oxygen atoms in total. The zero-order valence-corrected chi connectivity index (χ0v) is 17.7. The van der Waals surface area contributed by atoms with Gasteiger partial charge in [-0.1, -0.05) is 35.9 Å². The Labute approximate surface area is 185 Å². The summed E-state index contributed by atoms with van der Waals surface area (Å²) in [4.78, 5) is 15.0. The van der Waals surface area contributed by atoms with Crippen LogP contribution in [-0.2, 0) is 11.3 Å². The number of likely N-dealkylation sites (tertiary alicyclic amines) is 1. The van der Waals surface area contributed by atoms with Crippen molar-refractivity contribution in [2.75, 3.05) is 25.2 Å². The second-order valence-electron chi connectivity index (χ2n) is 8.02. The first kappa shape index (κ1) is 20.0. The highest BCUT2D eigenvalue weighted by atomic mass is 35.5. The number of carbonyl (C=O) groups is 1. The zero-order chi connectivity index (χ0) is 21.4. The van der Waals surface area contributed by atoms with Gasteiger partial charge in [0.2, 0.25) is 12.7 Å². The lowest BCUT2D eigenvalue weighted by Gasteiger charge is -2.31. The van der Waals surface area contributed by atoms with E-state index < -0.39 is 0 Å². The van der Waals surface area contributed by atoms with E-state index in [1.807, 2.05) is 42.5 Å². The Balaban J connectivity index is 1.20. The van der Waals surface area contributed by atoms with Gasteiger partial charge in [0, 0.05) is 45.6 Å². The summed E-state index contributed by atoms with van der Waals surface area (Å²) in [6.45, 7) is 2.38. The lowest BCUT2D eigenvalue weighted by atomic mass is 9.95. The van der Waals surface area contributed by atoms with Crippen LogP contribution in [0.1, 0.15) is 18.4 Å². The van der Waals surface area contributed by atoms with Crippen molar-refractivity contribution in [1.82, 2.24) is 4.90 Å². The van der Waals surface area contributed by atoms with E-state index in [-0.39, 0.29) is 24.4 Å². The number of piperidine rings is 1. The van der Waals surface area contributed by atoms with Gasteiger partial charge in [0.1, 0.15) is 5.75 Å². The van der Waals surface area contributed by atoms with E-state index >= 15 is 0 Å². The predicted octanol–water partition coefficient (Wildman–Crippen LogP) is 4.78. The molecule has 2 aliphatic rings. The first-order valence-corrected chi connectivity index (χ1v) is 10.8. The molecule has 0 spiro atoms. The molecule has 1 amide bonds. The first-order chi connectivity index (χ1) is 15.1. The molecule has 1 fully saturated rings. The molecule has 0 bridgehead atoms. The summed E-state index contributed by atoms with van der Waals surface area (Å²) in [7, 11) is 0. The third-order valence-electron chi connectivity index (χ3n) is 6.04. The van der Waals surface area contributed by atoms with Crippen LogP contribution in [0.15, 0.2) is 48.5 Å². The Kier molecular flexibility index (Phi) is 5.34. The number of halogens is 1. The lowest BCUT2D eigenvalue weighted by molar-refractivity contribution is -0.121. The quantitative estimate of drug-likeness (QED) is 0.613. The average Bonchev–Trinajstić information content (AvgIpc) is 3.26. The van der Waals surface area contributed by atoms with Crippen LogP contribution in [0, 0.1) is 5.92 Å². The molecule has 0 radical (unpaired) electrons. The Morgan fingerprint density at radius 3 is 2.61 bits per heavy atom. The fourth-order valence-corrected chi connectivity index (χ4v) is 4.60. The first-order valence-electron chi connectivity index (χ1n) is 10.4. The number of amides is 1. The molecule has 2 N–H and O–H groups in total. The normalized spacial score (nSPS) is 16.5. The van der Waals surface area contributed by atoms with Crippen molar-refractivity contribution in [3.63, 3.8) is 0 Å². The Bertz CT molecular complexity index is 1140. The van der Waals surface area contributed by atoms with E-state index in [0.29, 0.717) is 28.8 Å². The van der Waals surface area contributed by atoms with Gasteiger partial charge < -0.3 is 19.9 Å². The second-order valence-corrected chi connectivity index (χ2v) is 8.43. The van der Waals surface area contributed by atoms with Crippen molar-refractivity contribution in [1.29, 1.82) is 0 Å². The van der Waals surface area contributed by atoms with Gasteiger partial charge in [0.25, 0.3) is 0 Å². The van der Waals surface area contributed by atoms with Crippen molar-refractivity contribution >= 4 is 34.0 Å². The van der Waals surface area contributed by atoms with E-state index in [1.165, 1.54) is 0 Å². The number of hydrogen-bond donors (Lipinski definition) is 2. The van der Waals surface area contributed by atoms with Crippen LogP contribution in [0.4, 0.5) is 5.69 Å². The Hall–Kier alpha value is -2.96. The van der Waals surface area contributed by atoms with Crippen LogP contribution in [-0.4, -0.2) is 35.8 Å². The van der Waals surface area contributed by atoms with Gasteiger partial charge in [-0.3, -0.25) is 9.69 Å². The highest BCUT2D eigenvalue weighted by molar-refractivity contribution is 6.35. The summed E-state index contributed by atoms with van der Waals surface area (Å²) in [6, 6.07) is 14.9. The third-order valence-corrected chi connectivity index (χ3v) is 6.35. The van der Waals surface area contributed by atoms with E-state index in [4.69, 9.17) is 21.1 Å². The number of fused-ring (bicyclic) bond motifs is 2. The minimum atomic E-state index is -0.0459. The van der Waals surface area contributed by atoms with Crippen molar-refractivity contribution in [3.8, 4) is 17.2 Å². The number of carbonyl (C=O) groups excluding carboxylic acids is 1. The van der Waals surface area contributed by atoms with Crippen LogP contribution >= 0.6 is 11.6 Å². The fourth-order valence-electron chi connectivity index (χ4n) is 4.30. The highest BCUT2D eigenvalue weighted by Gasteiger charge is 2.26. The number of anilines is 1. The van der Waals surface area contributed by atoms with E-state index in [9.17, 15) is 9.90 Å². The van der Waals surface area contributed by atoms with Crippen molar-refractivity contribution in [2.45, 2.75) is 19.4 Å².